The minimum absolute atomic E-state index is 0.0513. The molecule has 2 aromatic rings. The van der Waals surface area contributed by atoms with E-state index >= 15 is 0 Å². The van der Waals surface area contributed by atoms with Gasteiger partial charge in [-0.2, -0.15) is 0 Å². The number of unbranched alkanes of at least 4 members (excludes halogenated alkanes) is 9. The smallest absolute Gasteiger partial charge is 0.347 e. The van der Waals surface area contributed by atoms with E-state index in [-0.39, 0.29) is 36.0 Å². The van der Waals surface area contributed by atoms with Crippen molar-refractivity contribution in [1.29, 1.82) is 0 Å². The standard InChI is InChI=1S/C30H40O8/c1-2-3-4-5-6-7-8-9-10-11-18-37-30(36)28(21-23-13-16-25(32)27(34)20-23)38-29(35)17-14-22-12-15-24(31)26(33)19-22/h12-17,19-20,28,31-34H,2-11,18,21H2,1H3/b17-14+/t28-/m1/s1. The lowest BCUT2D eigenvalue weighted by atomic mass is 10.1. The molecule has 1 atom stereocenters. The Kier molecular flexibility index (Phi) is 13.6. The molecule has 8 nitrogen and oxygen atoms in total. The molecule has 0 radical (unpaired) electrons. The van der Waals surface area contributed by atoms with Crippen molar-refractivity contribution >= 4 is 18.0 Å². The molecule has 0 saturated heterocycles. The summed E-state index contributed by atoms with van der Waals surface area (Å²) in [6.45, 7) is 2.42. The zero-order valence-electron chi connectivity index (χ0n) is 22.1. The second-order valence-electron chi connectivity index (χ2n) is 9.38. The van der Waals surface area contributed by atoms with Gasteiger partial charge in [0.1, 0.15) is 0 Å². The van der Waals surface area contributed by atoms with Gasteiger partial charge in [-0.3, -0.25) is 0 Å². The van der Waals surface area contributed by atoms with Gasteiger partial charge in [0.05, 0.1) is 6.61 Å². The molecule has 0 aliphatic carbocycles. The number of hydrogen-bond donors (Lipinski definition) is 4. The van der Waals surface area contributed by atoms with Gasteiger partial charge in [-0.15, -0.1) is 0 Å². The molecular formula is C30H40O8. The Bertz CT molecular complexity index is 1050. The third-order valence-electron chi connectivity index (χ3n) is 6.14. The fourth-order valence-electron chi connectivity index (χ4n) is 3.93. The second-order valence-corrected chi connectivity index (χ2v) is 9.38. The molecule has 0 heterocycles. The SMILES string of the molecule is CCCCCCCCCCCCOC(=O)[C@@H](Cc1ccc(O)c(O)c1)OC(=O)/C=C/c1ccc(O)c(O)c1. The van der Waals surface area contributed by atoms with E-state index in [0.29, 0.717) is 17.5 Å². The number of carbonyl (C=O) groups is 2. The molecule has 0 saturated carbocycles. The summed E-state index contributed by atoms with van der Waals surface area (Å²) in [5.41, 5.74) is 0.919. The first-order valence-corrected chi connectivity index (χ1v) is 13.4. The summed E-state index contributed by atoms with van der Waals surface area (Å²) in [7, 11) is 0. The molecule has 0 bridgehead atoms. The molecule has 208 valence electrons. The van der Waals surface area contributed by atoms with Crippen LogP contribution in [-0.4, -0.2) is 45.1 Å². The Hall–Kier alpha value is -3.68. The first kappa shape index (κ1) is 30.5. The zero-order chi connectivity index (χ0) is 27.8. The largest absolute Gasteiger partial charge is 0.504 e. The first-order valence-electron chi connectivity index (χ1n) is 13.4. The van der Waals surface area contributed by atoms with Gasteiger partial charge in [-0.05, 0) is 47.9 Å². The molecule has 4 N–H and O–H groups in total. The molecule has 8 heteroatoms. The Labute approximate surface area is 224 Å². The maximum absolute atomic E-state index is 12.8. The minimum Gasteiger partial charge on any atom is -0.504 e. The van der Waals surface area contributed by atoms with Gasteiger partial charge >= 0.3 is 11.9 Å². The fourth-order valence-corrected chi connectivity index (χ4v) is 3.93. The van der Waals surface area contributed by atoms with Crippen molar-refractivity contribution in [3.63, 3.8) is 0 Å². The predicted molar refractivity (Wildman–Crippen MR) is 145 cm³/mol. The summed E-state index contributed by atoms with van der Waals surface area (Å²) >= 11 is 0. The second kappa shape index (κ2) is 16.9. The van der Waals surface area contributed by atoms with E-state index < -0.39 is 18.0 Å². The highest BCUT2D eigenvalue weighted by Crippen LogP contribution is 2.27. The fraction of sp³-hybridized carbons (Fsp3) is 0.467. The van der Waals surface area contributed by atoms with E-state index in [4.69, 9.17) is 9.47 Å². The number of benzene rings is 2. The molecule has 0 aliphatic heterocycles. The molecule has 2 aromatic carbocycles. The van der Waals surface area contributed by atoms with Gasteiger partial charge in [0, 0.05) is 12.5 Å². The number of hydrogen-bond acceptors (Lipinski definition) is 8. The van der Waals surface area contributed by atoms with Gasteiger partial charge in [0.15, 0.2) is 23.0 Å². The molecule has 0 spiro atoms. The van der Waals surface area contributed by atoms with Crippen molar-refractivity contribution in [2.75, 3.05) is 6.61 Å². The topological polar surface area (TPSA) is 134 Å². The highest BCUT2D eigenvalue weighted by molar-refractivity contribution is 5.89. The highest BCUT2D eigenvalue weighted by Gasteiger charge is 2.25. The molecule has 38 heavy (non-hydrogen) atoms. The third-order valence-corrected chi connectivity index (χ3v) is 6.14. The molecule has 0 fully saturated rings. The molecule has 0 amide bonds. The molecular weight excluding hydrogens is 488 g/mol. The maximum Gasteiger partial charge on any atom is 0.347 e. The zero-order valence-corrected chi connectivity index (χ0v) is 22.1. The highest BCUT2D eigenvalue weighted by atomic mass is 16.6. The number of phenols is 4. The van der Waals surface area contributed by atoms with Crippen molar-refractivity contribution in [3.8, 4) is 23.0 Å². The van der Waals surface area contributed by atoms with Gasteiger partial charge in [-0.1, -0.05) is 76.8 Å². The van der Waals surface area contributed by atoms with Crippen LogP contribution in [0.4, 0.5) is 0 Å². The number of esters is 2. The van der Waals surface area contributed by atoms with Crippen molar-refractivity contribution in [2.24, 2.45) is 0 Å². The van der Waals surface area contributed by atoms with Gasteiger partial charge < -0.3 is 29.9 Å². The summed E-state index contributed by atoms with van der Waals surface area (Å²) < 4.78 is 10.7. The lowest BCUT2D eigenvalue weighted by molar-refractivity contribution is -0.165. The van der Waals surface area contributed by atoms with Crippen LogP contribution in [0.25, 0.3) is 6.08 Å². The van der Waals surface area contributed by atoms with E-state index in [9.17, 15) is 30.0 Å². The summed E-state index contributed by atoms with van der Waals surface area (Å²) in [5.74, 6) is -2.77. The minimum atomic E-state index is -1.26. The quantitative estimate of drug-likeness (QED) is 0.0832. The van der Waals surface area contributed by atoms with E-state index in [1.165, 1.54) is 81.0 Å². The van der Waals surface area contributed by atoms with Crippen LogP contribution in [0.5, 0.6) is 23.0 Å². The van der Waals surface area contributed by atoms with Crippen LogP contribution in [0.2, 0.25) is 0 Å². The van der Waals surface area contributed by atoms with Crippen LogP contribution in [0.15, 0.2) is 42.5 Å². The average Bonchev–Trinajstić information content (AvgIpc) is 2.89. The Morgan fingerprint density at radius 3 is 1.95 bits per heavy atom. The lowest BCUT2D eigenvalue weighted by Gasteiger charge is -2.16. The Morgan fingerprint density at radius 2 is 1.34 bits per heavy atom. The van der Waals surface area contributed by atoms with Crippen LogP contribution < -0.4 is 0 Å². The summed E-state index contributed by atoms with van der Waals surface area (Å²) in [6.07, 6.45) is 12.7. The normalized spacial score (nSPS) is 11.9. The summed E-state index contributed by atoms with van der Waals surface area (Å²) in [6, 6.07) is 8.15. The monoisotopic (exact) mass is 528 g/mol. The van der Waals surface area contributed by atoms with Crippen molar-refractivity contribution in [3.05, 3.63) is 53.6 Å². The maximum atomic E-state index is 12.8. The average molecular weight is 529 g/mol. The summed E-state index contributed by atoms with van der Waals surface area (Å²) in [5, 5.41) is 38.3. The van der Waals surface area contributed by atoms with Gasteiger partial charge in [-0.25, -0.2) is 9.59 Å². The number of carbonyl (C=O) groups excluding carboxylic acids is 2. The number of aromatic hydroxyl groups is 4. The van der Waals surface area contributed by atoms with Crippen molar-refractivity contribution in [1.82, 2.24) is 0 Å². The number of rotatable bonds is 17. The molecule has 0 aromatic heterocycles. The van der Waals surface area contributed by atoms with Crippen molar-refractivity contribution in [2.45, 2.75) is 83.7 Å². The van der Waals surface area contributed by atoms with Crippen LogP contribution in [-0.2, 0) is 25.5 Å². The van der Waals surface area contributed by atoms with E-state index in [1.807, 2.05) is 0 Å². The molecule has 0 unspecified atom stereocenters. The molecule has 2 rings (SSSR count). The molecule has 0 aliphatic rings. The van der Waals surface area contributed by atoms with Gasteiger partial charge in [0.25, 0.3) is 0 Å². The van der Waals surface area contributed by atoms with Crippen LogP contribution in [0, 0.1) is 0 Å². The Balaban J connectivity index is 1.87. The Morgan fingerprint density at radius 1 is 0.763 bits per heavy atom. The lowest BCUT2D eigenvalue weighted by Crippen LogP contribution is -2.31. The van der Waals surface area contributed by atoms with Crippen LogP contribution >= 0.6 is 0 Å². The van der Waals surface area contributed by atoms with Crippen LogP contribution in [0.1, 0.15) is 82.3 Å². The van der Waals surface area contributed by atoms with Gasteiger partial charge in [0.2, 0.25) is 6.10 Å². The van der Waals surface area contributed by atoms with Crippen molar-refractivity contribution < 1.29 is 39.5 Å². The summed E-state index contributed by atoms with van der Waals surface area (Å²) in [4.78, 5) is 25.2. The number of ether oxygens (including phenoxy) is 2. The van der Waals surface area contributed by atoms with Crippen LogP contribution in [0.3, 0.4) is 0 Å². The first-order chi connectivity index (χ1) is 18.3. The van der Waals surface area contributed by atoms with E-state index in [2.05, 4.69) is 6.92 Å². The number of phenolic OH excluding ortho intramolecular Hbond substituents is 4. The van der Waals surface area contributed by atoms with E-state index in [1.54, 1.807) is 0 Å². The van der Waals surface area contributed by atoms with E-state index in [0.717, 1.165) is 25.3 Å². The third kappa shape index (κ3) is 11.6. The predicted octanol–water partition coefficient (Wildman–Crippen LogP) is 6.14.